The SMILES string of the molecule is COC(=O)c1c(NC(=O)C(C#N)=Cc2ccc(OCc3ccccc3F)cc2)sc(C(=O)N(C)C)c1C. The third kappa shape index (κ3) is 6.39. The quantitative estimate of drug-likeness (QED) is 0.259. The summed E-state index contributed by atoms with van der Waals surface area (Å²) in [4.78, 5) is 39.4. The number of nitrogens with zero attached hydrogens (tertiary/aromatic N) is 2. The highest BCUT2D eigenvalue weighted by Gasteiger charge is 2.27. The molecule has 0 radical (unpaired) electrons. The Labute approximate surface area is 217 Å². The van der Waals surface area contributed by atoms with Crippen LogP contribution in [0.3, 0.4) is 0 Å². The van der Waals surface area contributed by atoms with Crippen LogP contribution in [0, 0.1) is 24.1 Å². The number of halogens is 1. The fourth-order valence-corrected chi connectivity index (χ4v) is 4.49. The molecule has 1 aromatic heterocycles. The molecule has 8 nitrogen and oxygen atoms in total. The minimum absolute atomic E-state index is 0.0504. The molecule has 0 spiro atoms. The first-order valence-electron chi connectivity index (χ1n) is 11.0. The summed E-state index contributed by atoms with van der Waals surface area (Å²) in [5.41, 5.74) is 1.17. The zero-order valence-corrected chi connectivity index (χ0v) is 21.4. The van der Waals surface area contributed by atoms with E-state index in [1.54, 1.807) is 63.5 Å². The molecule has 0 saturated carbocycles. The first kappa shape index (κ1) is 27.1. The van der Waals surface area contributed by atoms with Gasteiger partial charge in [0, 0.05) is 19.7 Å². The number of thiophene rings is 1. The van der Waals surface area contributed by atoms with Crippen LogP contribution in [-0.4, -0.2) is 43.9 Å². The Hall–Kier alpha value is -4.49. The molecular weight excluding hydrogens is 497 g/mol. The Kier molecular flexibility index (Phi) is 8.77. The van der Waals surface area contributed by atoms with Gasteiger partial charge in [0.15, 0.2) is 0 Å². The molecule has 3 rings (SSSR count). The van der Waals surface area contributed by atoms with Crippen LogP contribution in [0.5, 0.6) is 5.75 Å². The lowest BCUT2D eigenvalue weighted by Crippen LogP contribution is -2.21. The van der Waals surface area contributed by atoms with E-state index in [0.717, 1.165) is 11.3 Å². The molecule has 0 fully saturated rings. The van der Waals surface area contributed by atoms with Crippen molar-refractivity contribution in [1.29, 1.82) is 5.26 Å². The molecule has 190 valence electrons. The monoisotopic (exact) mass is 521 g/mol. The number of methoxy groups -OCH3 is 1. The van der Waals surface area contributed by atoms with Crippen LogP contribution in [0.25, 0.3) is 6.08 Å². The number of anilines is 1. The summed E-state index contributed by atoms with van der Waals surface area (Å²) in [6.45, 7) is 1.64. The number of ether oxygens (including phenoxy) is 2. The lowest BCUT2D eigenvalue weighted by Gasteiger charge is -2.08. The van der Waals surface area contributed by atoms with E-state index in [-0.39, 0.29) is 39.3 Å². The molecule has 10 heteroatoms. The van der Waals surface area contributed by atoms with Crippen molar-refractivity contribution in [3.05, 3.63) is 87.1 Å². The average molecular weight is 522 g/mol. The van der Waals surface area contributed by atoms with Crippen LogP contribution in [0.4, 0.5) is 9.39 Å². The summed E-state index contributed by atoms with van der Waals surface area (Å²) >= 11 is 0.931. The van der Waals surface area contributed by atoms with Crippen molar-refractivity contribution >= 4 is 40.2 Å². The molecule has 0 aliphatic rings. The van der Waals surface area contributed by atoms with Gasteiger partial charge in [0.05, 0.1) is 17.6 Å². The average Bonchev–Trinajstić information content (AvgIpc) is 3.21. The molecule has 1 heterocycles. The van der Waals surface area contributed by atoms with E-state index < -0.39 is 11.9 Å². The van der Waals surface area contributed by atoms with Gasteiger partial charge in [-0.25, -0.2) is 9.18 Å². The fraction of sp³-hybridized carbons (Fsp3) is 0.185. The molecule has 0 bridgehead atoms. The molecule has 0 aliphatic carbocycles. The normalized spacial score (nSPS) is 10.9. The molecule has 1 N–H and O–H groups in total. The molecule has 0 atom stereocenters. The molecule has 0 aliphatic heterocycles. The van der Waals surface area contributed by atoms with Gasteiger partial charge in [-0.15, -0.1) is 11.3 Å². The molecular formula is C27H24FN3O5S. The second-order valence-corrected chi connectivity index (χ2v) is 9.05. The van der Waals surface area contributed by atoms with Gasteiger partial charge in [-0.1, -0.05) is 30.3 Å². The van der Waals surface area contributed by atoms with E-state index in [0.29, 0.717) is 22.4 Å². The highest BCUT2D eigenvalue weighted by molar-refractivity contribution is 7.18. The first-order chi connectivity index (χ1) is 17.7. The Morgan fingerprint density at radius 3 is 2.41 bits per heavy atom. The highest BCUT2D eigenvalue weighted by atomic mass is 32.1. The van der Waals surface area contributed by atoms with Gasteiger partial charge in [-0.3, -0.25) is 9.59 Å². The molecule has 2 amide bonds. The Morgan fingerprint density at radius 2 is 1.81 bits per heavy atom. The second kappa shape index (κ2) is 12.0. The number of rotatable bonds is 8. The van der Waals surface area contributed by atoms with Crippen LogP contribution in [0.15, 0.2) is 54.1 Å². The predicted octanol–water partition coefficient (Wildman–Crippen LogP) is 4.81. The fourth-order valence-electron chi connectivity index (χ4n) is 3.28. The van der Waals surface area contributed by atoms with Gasteiger partial charge < -0.3 is 19.7 Å². The number of nitriles is 1. The lowest BCUT2D eigenvalue weighted by atomic mass is 10.1. The maximum Gasteiger partial charge on any atom is 0.341 e. The van der Waals surface area contributed by atoms with Crippen LogP contribution >= 0.6 is 11.3 Å². The van der Waals surface area contributed by atoms with Crippen LogP contribution < -0.4 is 10.1 Å². The number of benzene rings is 2. The summed E-state index contributed by atoms with van der Waals surface area (Å²) in [7, 11) is 4.34. The van der Waals surface area contributed by atoms with Gasteiger partial charge >= 0.3 is 5.97 Å². The number of hydrogen-bond donors (Lipinski definition) is 1. The number of hydrogen-bond acceptors (Lipinski definition) is 7. The first-order valence-corrected chi connectivity index (χ1v) is 11.8. The van der Waals surface area contributed by atoms with Crippen molar-refractivity contribution < 1.29 is 28.2 Å². The molecule has 0 saturated heterocycles. The number of esters is 1. The number of amides is 2. The standard InChI is InChI=1S/C27H24FN3O5S/c1-16-22(27(34)35-4)25(37-23(16)26(33)31(2)3)30-24(32)19(14-29)13-17-9-11-20(12-10-17)36-15-18-7-5-6-8-21(18)28/h5-13H,15H2,1-4H3,(H,30,32). The lowest BCUT2D eigenvalue weighted by molar-refractivity contribution is -0.112. The van der Waals surface area contributed by atoms with E-state index >= 15 is 0 Å². The van der Waals surface area contributed by atoms with Gasteiger partial charge in [-0.05, 0) is 42.3 Å². The highest BCUT2D eigenvalue weighted by Crippen LogP contribution is 2.34. The van der Waals surface area contributed by atoms with Gasteiger partial charge in [0.25, 0.3) is 11.8 Å². The van der Waals surface area contributed by atoms with Crippen molar-refractivity contribution in [2.45, 2.75) is 13.5 Å². The van der Waals surface area contributed by atoms with Crippen LogP contribution in [0.1, 0.15) is 36.7 Å². The van der Waals surface area contributed by atoms with E-state index in [2.05, 4.69) is 5.32 Å². The summed E-state index contributed by atoms with van der Waals surface area (Å²) < 4.78 is 24.2. The molecule has 37 heavy (non-hydrogen) atoms. The van der Waals surface area contributed by atoms with E-state index in [9.17, 15) is 24.0 Å². The van der Waals surface area contributed by atoms with E-state index in [1.807, 2.05) is 6.07 Å². The molecule has 3 aromatic rings. The minimum Gasteiger partial charge on any atom is -0.489 e. The summed E-state index contributed by atoms with van der Waals surface area (Å²) in [5, 5.41) is 12.3. The van der Waals surface area contributed by atoms with Crippen molar-refractivity contribution in [2.24, 2.45) is 0 Å². The van der Waals surface area contributed by atoms with Crippen molar-refractivity contribution in [1.82, 2.24) is 4.90 Å². The largest absolute Gasteiger partial charge is 0.489 e. The predicted molar refractivity (Wildman–Crippen MR) is 138 cm³/mol. The molecule has 2 aromatic carbocycles. The number of carbonyl (C=O) groups excluding carboxylic acids is 3. The third-order valence-corrected chi connectivity index (χ3v) is 6.47. The summed E-state index contributed by atoms with van der Waals surface area (Å²) in [6, 6.07) is 14.7. The van der Waals surface area contributed by atoms with Crippen molar-refractivity contribution in [3.8, 4) is 11.8 Å². The Balaban J connectivity index is 1.79. The van der Waals surface area contributed by atoms with Crippen molar-refractivity contribution in [2.75, 3.05) is 26.5 Å². The zero-order valence-electron chi connectivity index (χ0n) is 20.6. The number of carbonyl (C=O) groups is 3. The van der Waals surface area contributed by atoms with E-state index in [1.165, 1.54) is 24.2 Å². The van der Waals surface area contributed by atoms with E-state index in [4.69, 9.17) is 9.47 Å². The van der Waals surface area contributed by atoms with Gasteiger partial charge in [-0.2, -0.15) is 5.26 Å². The van der Waals surface area contributed by atoms with Crippen LogP contribution in [0.2, 0.25) is 0 Å². The maximum absolute atomic E-state index is 13.8. The number of nitrogens with one attached hydrogen (secondary N) is 1. The summed E-state index contributed by atoms with van der Waals surface area (Å²) in [5.74, 6) is -1.67. The summed E-state index contributed by atoms with van der Waals surface area (Å²) in [6.07, 6.45) is 1.38. The third-order valence-electron chi connectivity index (χ3n) is 5.27. The minimum atomic E-state index is -0.752. The van der Waals surface area contributed by atoms with Crippen LogP contribution in [-0.2, 0) is 16.1 Å². The Morgan fingerprint density at radius 1 is 1.14 bits per heavy atom. The zero-order chi connectivity index (χ0) is 27.1. The maximum atomic E-state index is 13.8. The Bertz CT molecular complexity index is 1400. The molecule has 0 unspecified atom stereocenters. The topological polar surface area (TPSA) is 109 Å². The van der Waals surface area contributed by atoms with Gasteiger partial charge in [0.1, 0.15) is 34.8 Å². The van der Waals surface area contributed by atoms with Crippen molar-refractivity contribution in [3.63, 3.8) is 0 Å². The second-order valence-electron chi connectivity index (χ2n) is 8.02. The van der Waals surface area contributed by atoms with Gasteiger partial charge in [0.2, 0.25) is 0 Å². The smallest absolute Gasteiger partial charge is 0.341 e.